The SMILES string of the molecule is O=C(Nc1c(F)cccc1F)c1cccc(CN2CCOCC2)c1. The number of hydrogen-bond donors (Lipinski definition) is 1. The zero-order valence-corrected chi connectivity index (χ0v) is 13.1. The number of carbonyl (C=O) groups is 1. The molecular weight excluding hydrogens is 314 g/mol. The average Bonchev–Trinajstić information content (AvgIpc) is 2.59. The van der Waals surface area contributed by atoms with E-state index in [4.69, 9.17) is 4.74 Å². The Labute approximate surface area is 139 Å². The van der Waals surface area contributed by atoms with Crippen LogP contribution < -0.4 is 5.32 Å². The van der Waals surface area contributed by atoms with Crippen molar-refractivity contribution in [2.24, 2.45) is 0 Å². The summed E-state index contributed by atoms with van der Waals surface area (Å²) >= 11 is 0. The summed E-state index contributed by atoms with van der Waals surface area (Å²) in [7, 11) is 0. The Hall–Kier alpha value is -2.31. The van der Waals surface area contributed by atoms with E-state index in [2.05, 4.69) is 10.2 Å². The van der Waals surface area contributed by atoms with E-state index in [0.29, 0.717) is 25.3 Å². The van der Waals surface area contributed by atoms with Gasteiger partial charge in [0.05, 0.1) is 13.2 Å². The van der Waals surface area contributed by atoms with E-state index in [1.807, 2.05) is 6.07 Å². The van der Waals surface area contributed by atoms with Crippen LogP contribution in [-0.4, -0.2) is 37.1 Å². The molecule has 4 nitrogen and oxygen atoms in total. The second-order valence-electron chi connectivity index (χ2n) is 5.64. The molecular formula is C18H18F2N2O2. The lowest BCUT2D eigenvalue weighted by Gasteiger charge is -2.26. The molecule has 2 aromatic rings. The predicted molar refractivity (Wildman–Crippen MR) is 86.8 cm³/mol. The number of morpholine rings is 1. The minimum atomic E-state index is -0.798. The fourth-order valence-electron chi connectivity index (χ4n) is 2.63. The number of nitrogens with zero attached hydrogens (tertiary/aromatic N) is 1. The van der Waals surface area contributed by atoms with Gasteiger partial charge in [-0.2, -0.15) is 0 Å². The van der Waals surface area contributed by atoms with Gasteiger partial charge in [0.15, 0.2) is 0 Å². The van der Waals surface area contributed by atoms with Gasteiger partial charge in [0.1, 0.15) is 17.3 Å². The van der Waals surface area contributed by atoms with Gasteiger partial charge < -0.3 is 10.1 Å². The lowest BCUT2D eigenvalue weighted by molar-refractivity contribution is 0.0342. The number of benzene rings is 2. The van der Waals surface area contributed by atoms with Crippen molar-refractivity contribution in [1.82, 2.24) is 4.90 Å². The third-order valence-electron chi connectivity index (χ3n) is 3.90. The van der Waals surface area contributed by atoms with Gasteiger partial charge in [-0.25, -0.2) is 8.78 Å². The van der Waals surface area contributed by atoms with Gasteiger partial charge in [-0.05, 0) is 29.8 Å². The predicted octanol–water partition coefficient (Wildman–Crippen LogP) is 3.05. The second kappa shape index (κ2) is 7.51. The van der Waals surface area contributed by atoms with Crippen molar-refractivity contribution < 1.29 is 18.3 Å². The maximum atomic E-state index is 13.6. The number of anilines is 1. The average molecular weight is 332 g/mol. The highest BCUT2D eigenvalue weighted by molar-refractivity contribution is 6.04. The molecule has 0 bridgehead atoms. The first-order chi connectivity index (χ1) is 11.6. The molecule has 1 aliphatic rings. The van der Waals surface area contributed by atoms with Crippen LogP contribution in [0, 0.1) is 11.6 Å². The largest absolute Gasteiger partial charge is 0.379 e. The number of nitrogens with one attached hydrogen (secondary N) is 1. The van der Waals surface area contributed by atoms with Gasteiger partial charge in [0.2, 0.25) is 0 Å². The molecule has 24 heavy (non-hydrogen) atoms. The van der Waals surface area contributed by atoms with Crippen LogP contribution in [0.25, 0.3) is 0 Å². The van der Waals surface area contributed by atoms with Crippen LogP contribution in [0.1, 0.15) is 15.9 Å². The molecule has 0 unspecified atom stereocenters. The molecule has 1 fully saturated rings. The van der Waals surface area contributed by atoms with Crippen LogP contribution in [0.4, 0.5) is 14.5 Å². The van der Waals surface area contributed by atoms with Gasteiger partial charge in [-0.3, -0.25) is 9.69 Å². The Morgan fingerprint density at radius 2 is 1.75 bits per heavy atom. The van der Waals surface area contributed by atoms with Crippen LogP contribution in [0.2, 0.25) is 0 Å². The van der Waals surface area contributed by atoms with Gasteiger partial charge in [0, 0.05) is 25.2 Å². The molecule has 0 spiro atoms. The zero-order chi connectivity index (χ0) is 16.9. The molecule has 1 saturated heterocycles. The Bertz CT molecular complexity index is 710. The highest BCUT2D eigenvalue weighted by atomic mass is 19.1. The summed E-state index contributed by atoms with van der Waals surface area (Å²) < 4.78 is 32.6. The van der Waals surface area contributed by atoms with Gasteiger partial charge >= 0.3 is 0 Å². The lowest BCUT2D eigenvalue weighted by atomic mass is 10.1. The first-order valence-corrected chi connectivity index (χ1v) is 7.78. The zero-order valence-electron chi connectivity index (χ0n) is 13.1. The molecule has 1 N–H and O–H groups in total. The van der Waals surface area contributed by atoms with E-state index in [0.717, 1.165) is 30.8 Å². The van der Waals surface area contributed by atoms with Gasteiger partial charge in [-0.1, -0.05) is 18.2 Å². The molecule has 1 aliphatic heterocycles. The molecule has 0 aromatic heterocycles. The molecule has 0 aliphatic carbocycles. The number of hydrogen-bond acceptors (Lipinski definition) is 3. The minimum Gasteiger partial charge on any atom is -0.379 e. The van der Waals surface area contributed by atoms with Crippen LogP contribution in [-0.2, 0) is 11.3 Å². The highest BCUT2D eigenvalue weighted by Gasteiger charge is 2.15. The van der Waals surface area contributed by atoms with E-state index in [1.54, 1.807) is 18.2 Å². The number of carbonyl (C=O) groups excluding carboxylic acids is 1. The normalized spacial score (nSPS) is 15.2. The van der Waals surface area contributed by atoms with Crippen molar-refractivity contribution in [2.45, 2.75) is 6.54 Å². The van der Waals surface area contributed by atoms with Gasteiger partial charge in [0.25, 0.3) is 5.91 Å². The highest BCUT2D eigenvalue weighted by Crippen LogP contribution is 2.19. The first kappa shape index (κ1) is 16.5. The van der Waals surface area contributed by atoms with Crippen LogP contribution in [0.3, 0.4) is 0 Å². The van der Waals surface area contributed by atoms with Crippen molar-refractivity contribution >= 4 is 11.6 Å². The molecule has 0 atom stereocenters. The van der Waals surface area contributed by atoms with Crippen molar-refractivity contribution in [2.75, 3.05) is 31.6 Å². The van der Waals surface area contributed by atoms with Crippen LogP contribution in [0.15, 0.2) is 42.5 Å². The van der Waals surface area contributed by atoms with E-state index in [9.17, 15) is 13.6 Å². The number of para-hydroxylation sites is 1. The van der Waals surface area contributed by atoms with E-state index < -0.39 is 23.2 Å². The third-order valence-corrected chi connectivity index (χ3v) is 3.90. The first-order valence-electron chi connectivity index (χ1n) is 7.78. The fraction of sp³-hybridized carbons (Fsp3) is 0.278. The van der Waals surface area contributed by atoms with Crippen molar-refractivity contribution in [3.05, 3.63) is 65.2 Å². The molecule has 6 heteroatoms. The topological polar surface area (TPSA) is 41.6 Å². The number of halogens is 2. The third kappa shape index (κ3) is 3.96. The van der Waals surface area contributed by atoms with Gasteiger partial charge in [-0.15, -0.1) is 0 Å². The summed E-state index contributed by atoms with van der Waals surface area (Å²) in [4.78, 5) is 14.5. The quantitative estimate of drug-likeness (QED) is 0.936. The second-order valence-corrected chi connectivity index (χ2v) is 5.64. The van der Waals surface area contributed by atoms with Crippen molar-refractivity contribution in [1.29, 1.82) is 0 Å². The monoisotopic (exact) mass is 332 g/mol. The molecule has 0 saturated carbocycles. The molecule has 1 amide bonds. The summed E-state index contributed by atoms with van der Waals surface area (Å²) in [5.74, 6) is -2.14. The standard InChI is InChI=1S/C18H18F2N2O2/c19-15-5-2-6-16(20)17(15)21-18(23)14-4-1-3-13(11-14)12-22-7-9-24-10-8-22/h1-6,11H,7-10,12H2,(H,21,23). The lowest BCUT2D eigenvalue weighted by Crippen LogP contribution is -2.35. The molecule has 3 rings (SSSR count). The van der Waals surface area contributed by atoms with E-state index >= 15 is 0 Å². The Balaban J connectivity index is 1.72. The molecule has 2 aromatic carbocycles. The van der Waals surface area contributed by atoms with Crippen molar-refractivity contribution in [3.8, 4) is 0 Å². The molecule has 1 heterocycles. The smallest absolute Gasteiger partial charge is 0.255 e. The van der Waals surface area contributed by atoms with E-state index in [-0.39, 0.29) is 0 Å². The summed E-state index contributed by atoms with van der Waals surface area (Å²) in [5.41, 5.74) is 0.906. The maximum Gasteiger partial charge on any atom is 0.255 e. The van der Waals surface area contributed by atoms with Crippen LogP contribution >= 0.6 is 0 Å². The number of amides is 1. The van der Waals surface area contributed by atoms with E-state index in [1.165, 1.54) is 6.07 Å². The summed E-state index contributed by atoms with van der Waals surface area (Å²) in [6.07, 6.45) is 0. The number of ether oxygens (including phenoxy) is 1. The summed E-state index contributed by atoms with van der Waals surface area (Å²) in [6, 6.07) is 10.5. The fourth-order valence-corrected chi connectivity index (χ4v) is 2.63. The minimum absolute atomic E-state index is 0.364. The summed E-state index contributed by atoms with van der Waals surface area (Å²) in [6.45, 7) is 3.80. The van der Waals surface area contributed by atoms with Crippen molar-refractivity contribution in [3.63, 3.8) is 0 Å². The summed E-state index contributed by atoms with van der Waals surface area (Å²) in [5, 5.41) is 2.30. The Morgan fingerprint density at radius 3 is 2.46 bits per heavy atom. The molecule has 0 radical (unpaired) electrons. The molecule has 126 valence electrons. The maximum absolute atomic E-state index is 13.6. The Morgan fingerprint density at radius 1 is 1.08 bits per heavy atom. The Kier molecular flexibility index (Phi) is 5.17. The van der Waals surface area contributed by atoms with Crippen LogP contribution in [0.5, 0.6) is 0 Å². The number of rotatable bonds is 4.